The first-order valence-electron chi connectivity index (χ1n) is 8.23. The topological polar surface area (TPSA) is 46.6 Å². The van der Waals surface area contributed by atoms with Gasteiger partial charge in [0.05, 0.1) is 0 Å². The fourth-order valence-electron chi connectivity index (χ4n) is 2.66. The zero-order valence-electron chi connectivity index (χ0n) is 14.1. The zero-order chi connectivity index (χ0) is 17.6. The first kappa shape index (κ1) is 17.2. The van der Waals surface area contributed by atoms with Gasteiger partial charge in [-0.2, -0.15) is 0 Å². The summed E-state index contributed by atoms with van der Waals surface area (Å²) in [6.45, 7) is 1.63. The number of rotatable bonds is 7. The van der Waals surface area contributed by atoms with E-state index in [-0.39, 0.29) is 5.82 Å². The van der Waals surface area contributed by atoms with E-state index in [1.54, 1.807) is 12.1 Å². The SMILES string of the molecule is CN(CCc1ccccc1)CCc1oc(=O)oc1-c1ccc(F)cc1. The summed E-state index contributed by atoms with van der Waals surface area (Å²) in [5, 5.41) is 0. The van der Waals surface area contributed by atoms with Crippen LogP contribution in [0.25, 0.3) is 11.3 Å². The molecule has 0 aliphatic heterocycles. The molecule has 130 valence electrons. The van der Waals surface area contributed by atoms with Crippen molar-refractivity contribution in [2.24, 2.45) is 0 Å². The lowest BCUT2D eigenvalue weighted by molar-refractivity contribution is 0.323. The molecule has 0 bridgehead atoms. The van der Waals surface area contributed by atoms with Gasteiger partial charge in [-0.15, -0.1) is 0 Å². The van der Waals surface area contributed by atoms with Crippen LogP contribution in [0.1, 0.15) is 11.3 Å². The number of hydrogen-bond donors (Lipinski definition) is 0. The molecular weight excluding hydrogens is 321 g/mol. The zero-order valence-corrected chi connectivity index (χ0v) is 14.1. The van der Waals surface area contributed by atoms with Gasteiger partial charge >= 0.3 is 5.82 Å². The van der Waals surface area contributed by atoms with E-state index >= 15 is 0 Å². The smallest absolute Gasteiger partial charge is 0.395 e. The molecule has 0 saturated heterocycles. The van der Waals surface area contributed by atoms with Crippen LogP contribution in [0.4, 0.5) is 4.39 Å². The van der Waals surface area contributed by atoms with Gasteiger partial charge in [-0.1, -0.05) is 30.3 Å². The maximum absolute atomic E-state index is 13.1. The molecule has 5 heteroatoms. The Morgan fingerprint density at radius 1 is 0.920 bits per heavy atom. The van der Waals surface area contributed by atoms with Crippen LogP contribution in [0.15, 0.2) is 68.2 Å². The molecule has 1 aromatic heterocycles. The second kappa shape index (κ2) is 7.94. The van der Waals surface area contributed by atoms with Gasteiger partial charge in [0.15, 0.2) is 11.5 Å². The Morgan fingerprint density at radius 2 is 1.60 bits per heavy atom. The molecule has 2 aromatic carbocycles. The maximum atomic E-state index is 13.1. The Kier molecular flexibility index (Phi) is 5.46. The van der Waals surface area contributed by atoms with Crippen molar-refractivity contribution in [3.8, 4) is 11.3 Å². The van der Waals surface area contributed by atoms with Crippen LogP contribution in [0, 0.1) is 5.82 Å². The Bertz CT molecular complexity index is 853. The monoisotopic (exact) mass is 341 g/mol. The number of halogens is 1. The van der Waals surface area contributed by atoms with E-state index < -0.39 is 5.82 Å². The van der Waals surface area contributed by atoms with Crippen molar-refractivity contribution >= 4 is 0 Å². The van der Waals surface area contributed by atoms with Gasteiger partial charge in [0.1, 0.15) is 5.82 Å². The number of benzene rings is 2. The molecule has 0 N–H and O–H groups in total. The molecule has 0 aliphatic carbocycles. The highest BCUT2D eigenvalue weighted by molar-refractivity contribution is 5.58. The maximum Gasteiger partial charge on any atom is 0.519 e. The van der Waals surface area contributed by atoms with Crippen molar-refractivity contribution < 1.29 is 13.2 Å². The summed E-state index contributed by atoms with van der Waals surface area (Å²) in [4.78, 5) is 13.7. The van der Waals surface area contributed by atoms with Gasteiger partial charge in [0, 0.05) is 25.1 Å². The molecule has 0 unspecified atom stereocenters. The van der Waals surface area contributed by atoms with Gasteiger partial charge in [-0.25, -0.2) is 9.18 Å². The molecule has 4 nitrogen and oxygen atoms in total. The highest BCUT2D eigenvalue weighted by Gasteiger charge is 2.15. The average Bonchev–Trinajstić information content (AvgIpc) is 3.00. The Hall–Kier alpha value is -2.66. The van der Waals surface area contributed by atoms with Crippen LogP contribution in [0.3, 0.4) is 0 Å². The Morgan fingerprint density at radius 3 is 2.32 bits per heavy atom. The van der Waals surface area contributed by atoms with E-state index in [0.717, 1.165) is 19.5 Å². The van der Waals surface area contributed by atoms with Gasteiger partial charge in [-0.05, 0) is 43.3 Å². The lowest BCUT2D eigenvalue weighted by Crippen LogP contribution is -2.23. The second-order valence-electron chi connectivity index (χ2n) is 6.00. The summed E-state index contributed by atoms with van der Waals surface area (Å²) in [6.07, 6.45) is 1.50. The quantitative estimate of drug-likeness (QED) is 0.656. The normalized spacial score (nSPS) is 11.2. The van der Waals surface area contributed by atoms with Crippen molar-refractivity contribution in [2.75, 3.05) is 20.1 Å². The molecule has 0 saturated carbocycles. The largest absolute Gasteiger partial charge is 0.519 e. The van der Waals surface area contributed by atoms with Crippen LogP contribution in [-0.4, -0.2) is 25.0 Å². The van der Waals surface area contributed by atoms with Gasteiger partial charge in [0.2, 0.25) is 0 Å². The van der Waals surface area contributed by atoms with E-state index in [4.69, 9.17) is 8.83 Å². The number of nitrogens with zero attached hydrogens (tertiary/aromatic N) is 1. The van der Waals surface area contributed by atoms with E-state index in [9.17, 15) is 9.18 Å². The molecule has 0 amide bonds. The molecule has 0 radical (unpaired) electrons. The van der Waals surface area contributed by atoms with Gasteiger partial charge < -0.3 is 13.7 Å². The van der Waals surface area contributed by atoms with E-state index in [2.05, 4.69) is 17.0 Å². The van der Waals surface area contributed by atoms with Crippen LogP contribution >= 0.6 is 0 Å². The number of hydrogen-bond acceptors (Lipinski definition) is 4. The van der Waals surface area contributed by atoms with Crippen molar-refractivity contribution in [2.45, 2.75) is 12.8 Å². The summed E-state index contributed by atoms with van der Waals surface area (Å²) >= 11 is 0. The molecular formula is C20H20FNO3. The standard InChI is InChI=1S/C20H20FNO3/c1-22(13-11-15-5-3-2-4-6-15)14-12-18-19(25-20(23)24-18)16-7-9-17(21)10-8-16/h2-10H,11-14H2,1H3. The fourth-order valence-corrected chi connectivity index (χ4v) is 2.66. The number of likely N-dealkylation sites (N-methyl/N-ethyl adjacent to an activating group) is 1. The molecule has 0 fully saturated rings. The van der Waals surface area contributed by atoms with Crippen LogP contribution in [0.2, 0.25) is 0 Å². The molecule has 3 aromatic rings. The molecule has 25 heavy (non-hydrogen) atoms. The van der Waals surface area contributed by atoms with Crippen molar-refractivity contribution in [3.05, 3.63) is 82.4 Å². The lowest BCUT2D eigenvalue weighted by atomic mass is 10.1. The third-order valence-electron chi connectivity index (χ3n) is 4.10. The van der Waals surface area contributed by atoms with Crippen LogP contribution in [0.5, 0.6) is 0 Å². The highest BCUT2D eigenvalue weighted by atomic mass is 19.1. The fraction of sp³-hybridized carbons (Fsp3) is 0.250. The first-order chi connectivity index (χ1) is 12.1. The Labute approximate surface area is 145 Å². The minimum absolute atomic E-state index is 0.336. The van der Waals surface area contributed by atoms with Crippen molar-refractivity contribution in [3.63, 3.8) is 0 Å². The summed E-state index contributed by atoms with van der Waals surface area (Å²) in [5.41, 5.74) is 1.92. The summed E-state index contributed by atoms with van der Waals surface area (Å²) in [6, 6.07) is 16.1. The highest BCUT2D eigenvalue weighted by Crippen LogP contribution is 2.23. The minimum Gasteiger partial charge on any atom is -0.395 e. The minimum atomic E-state index is -0.735. The van der Waals surface area contributed by atoms with Crippen molar-refractivity contribution in [1.82, 2.24) is 4.90 Å². The van der Waals surface area contributed by atoms with Gasteiger partial charge in [0.25, 0.3) is 0 Å². The average molecular weight is 341 g/mol. The van der Waals surface area contributed by atoms with Crippen LogP contribution in [-0.2, 0) is 12.8 Å². The predicted octanol–water partition coefficient (Wildman–Crippen LogP) is 3.76. The lowest BCUT2D eigenvalue weighted by Gasteiger charge is -2.15. The molecule has 0 spiro atoms. The molecule has 0 atom stereocenters. The van der Waals surface area contributed by atoms with E-state index in [1.165, 1.54) is 17.7 Å². The Balaban J connectivity index is 1.61. The molecule has 3 rings (SSSR count). The third kappa shape index (κ3) is 4.67. The van der Waals surface area contributed by atoms with E-state index in [1.807, 2.05) is 25.2 Å². The summed E-state index contributed by atoms with van der Waals surface area (Å²) in [5.74, 6) is -0.206. The molecule has 0 aliphatic rings. The predicted molar refractivity (Wildman–Crippen MR) is 94.0 cm³/mol. The molecule has 1 heterocycles. The van der Waals surface area contributed by atoms with Crippen LogP contribution < -0.4 is 5.82 Å². The second-order valence-corrected chi connectivity index (χ2v) is 6.00. The van der Waals surface area contributed by atoms with Gasteiger partial charge in [-0.3, -0.25) is 0 Å². The first-order valence-corrected chi connectivity index (χ1v) is 8.23. The van der Waals surface area contributed by atoms with E-state index in [0.29, 0.717) is 23.5 Å². The summed E-state index contributed by atoms with van der Waals surface area (Å²) < 4.78 is 23.4. The van der Waals surface area contributed by atoms with Crippen molar-refractivity contribution in [1.29, 1.82) is 0 Å². The summed E-state index contributed by atoms with van der Waals surface area (Å²) in [7, 11) is 2.03. The third-order valence-corrected chi connectivity index (χ3v) is 4.10.